The molecule has 2 saturated heterocycles. The zero-order valence-corrected chi connectivity index (χ0v) is 19.5. The van der Waals surface area contributed by atoms with E-state index >= 15 is 0 Å². The normalized spacial score (nSPS) is 21.3. The molecule has 33 heavy (non-hydrogen) atoms. The maximum absolute atomic E-state index is 13.1. The molecule has 2 N–H and O–H groups in total. The first kappa shape index (κ1) is 21.6. The van der Waals surface area contributed by atoms with E-state index in [9.17, 15) is 14.4 Å². The van der Waals surface area contributed by atoms with E-state index in [1.807, 2.05) is 11.8 Å². The second-order valence-electron chi connectivity index (χ2n) is 8.83. The highest BCUT2D eigenvalue weighted by molar-refractivity contribution is 7.18. The third-order valence-electron chi connectivity index (χ3n) is 6.79. The Morgan fingerprint density at radius 2 is 1.88 bits per heavy atom. The number of likely N-dealkylation sites (tertiary alicyclic amines) is 1. The molecule has 0 bridgehead atoms. The minimum Gasteiger partial charge on any atom is -0.339 e. The first-order valence-electron chi connectivity index (χ1n) is 11.3. The highest BCUT2D eigenvalue weighted by atomic mass is 32.1. The van der Waals surface area contributed by atoms with Gasteiger partial charge in [-0.2, -0.15) is 0 Å². The Bertz CT molecular complexity index is 1240. The molecule has 0 saturated carbocycles. The molecule has 0 unspecified atom stereocenters. The summed E-state index contributed by atoms with van der Waals surface area (Å²) >= 11 is 1.76. The number of nitrogens with zero attached hydrogens (tertiary/aromatic N) is 2. The van der Waals surface area contributed by atoms with Gasteiger partial charge >= 0.3 is 6.03 Å². The first-order valence-corrected chi connectivity index (χ1v) is 12.1. The van der Waals surface area contributed by atoms with Crippen molar-refractivity contribution in [3.05, 3.63) is 64.2 Å². The fourth-order valence-corrected chi connectivity index (χ4v) is 6.02. The van der Waals surface area contributed by atoms with Gasteiger partial charge in [-0.05, 0) is 61.6 Å². The van der Waals surface area contributed by atoms with Gasteiger partial charge in [0.2, 0.25) is 0 Å². The number of rotatable bonds is 4. The molecule has 2 aromatic carbocycles. The second-order valence-corrected chi connectivity index (χ2v) is 9.90. The summed E-state index contributed by atoms with van der Waals surface area (Å²) < 4.78 is 1.22. The largest absolute Gasteiger partial charge is 0.339 e. The summed E-state index contributed by atoms with van der Waals surface area (Å²) in [5.41, 5.74) is 2.48. The third-order valence-corrected chi connectivity index (χ3v) is 7.97. The molecular formula is C25H26N4O3S. The van der Waals surface area contributed by atoms with Crippen LogP contribution in [0.5, 0.6) is 0 Å². The van der Waals surface area contributed by atoms with Crippen molar-refractivity contribution in [1.29, 1.82) is 0 Å². The van der Waals surface area contributed by atoms with Gasteiger partial charge in [-0.3, -0.25) is 14.9 Å². The lowest BCUT2D eigenvalue weighted by Gasteiger charge is -2.31. The van der Waals surface area contributed by atoms with E-state index < -0.39 is 11.6 Å². The number of aryl methyl sites for hydroxylation is 1. The Labute approximate surface area is 196 Å². The van der Waals surface area contributed by atoms with Crippen LogP contribution in [0.1, 0.15) is 58.6 Å². The number of benzene rings is 2. The van der Waals surface area contributed by atoms with Gasteiger partial charge in [0, 0.05) is 24.6 Å². The predicted molar refractivity (Wildman–Crippen MR) is 127 cm³/mol. The van der Waals surface area contributed by atoms with E-state index in [0.717, 1.165) is 23.4 Å². The van der Waals surface area contributed by atoms with Gasteiger partial charge in [-0.1, -0.05) is 25.1 Å². The Balaban J connectivity index is 1.26. The van der Waals surface area contributed by atoms with Gasteiger partial charge in [0.1, 0.15) is 5.54 Å². The topological polar surface area (TPSA) is 91.4 Å². The quantitative estimate of drug-likeness (QED) is 0.572. The van der Waals surface area contributed by atoms with E-state index in [0.29, 0.717) is 36.6 Å². The van der Waals surface area contributed by atoms with Crippen LogP contribution in [-0.4, -0.2) is 40.8 Å². The number of carbonyl (C=O) groups is 3. The van der Waals surface area contributed by atoms with E-state index in [2.05, 4.69) is 35.8 Å². The second kappa shape index (κ2) is 8.26. The highest BCUT2D eigenvalue weighted by Crippen LogP contribution is 2.35. The smallest absolute Gasteiger partial charge is 0.322 e. The fraction of sp³-hybridized carbons (Fsp3) is 0.360. The van der Waals surface area contributed by atoms with Crippen LogP contribution in [0.3, 0.4) is 0 Å². The Kier molecular flexibility index (Phi) is 5.40. The molecule has 2 aliphatic rings. The molecule has 1 atom stereocenters. The van der Waals surface area contributed by atoms with Crippen molar-refractivity contribution in [1.82, 2.24) is 20.5 Å². The summed E-state index contributed by atoms with van der Waals surface area (Å²) in [6, 6.07) is 12.9. The lowest BCUT2D eigenvalue weighted by molar-refractivity contribution is -0.124. The molecule has 170 valence electrons. The lowest BCUT2D eigenvalue weighted by atomic mass is 9.87. The SMILES string of the molecule is CC[C@]1(c2ccc(C(=O)N3CCC(c4nc5ccc(C)cc5s4)CC3)cc2)NC(=O)NC1=O. The Morgan fingerprint density at radius 1 is 1.15 bits per heavy atom. The van der Waals surface area contributed by atoms with Crippen LogP contribution in [-0.2, 0) is 10.3 Å². The van der Waals surface area contributed by atoms with E-state index in [1.165, 1.54) is 10.3 Å². The van der Waals surface area contributed by atoms with Crippen molar-refractivity contribution in [2.75, 3.05) is 13.1 Å². The monoisotopic (exact) mass is 462 g/mol. The Hall–Kier alpha value is -3.26. The van der Waals surface area contributed by atoms with E-state index in [4.69, 9.17) is 4.98 Å². The van der Waals surface area contributed by atoms with Crippen LogP contribution < -0.4 is 10.6 Å². The molecule has 4 amide bonds. The minimum absolute atomic E-state index is 0.00891. The molecule has 2 fully saturated rings. The van der Waals surface area contributed by atoms with Gasteiger partial charge in [-0.25, -0.2) is 9.78 Å². The summed E-state index contributed by atoms with van der Waals surface area (Å²) in [4.78, 5) is 43.8. The van der Waals surface area contributed by atoms with Crippen molar-refractivity contribution in [3.8, 4) is 0 Å². The lowest BCUT2D eigenvalue weighted by Crippen LogP contribution is -2.43. The van der Waals surface area contributed by atoms with Crippen molar-refractivity contribution in [3.63, 3.8) is 0 Å². The van der Waals surface area contributed by atoms with Crippen LogP contribution in [0.25, 0.3) is 10.2 Å². The fourth-order valence-electron chi connectivity index (χ4n) is 4.78. The number of nitrogens with one attached hydrogen (secondary N) is 2. The van der Waals surface area contributed by atoms with Crippen LogP contribution in [0, 0.1) is 6.92 Å². The Morgan fingerprint density at radius 3 is 2.52 bits per heavy atom. The van der Waals surface area contributed by atoms with Gasteiger partial charge in [0.25, 0.3) is 11.8 Å². The summed E-state index contributed by atoms with van der Waals surface area (Å²) in [6.45, 7) is 5.33. The summed E-state index contributed by atoms with van der Waals surface area (Å²) in [5, 5.41) is 6.20. The van der Waals surface area contributed by atoms with Crippen LogP contribution in [0.15, 0.2) is 42.5 Å². The molecule has 3 aromatic rings. The van der Waals surface area contributed by atoms with Crippen LogP contribution in [0.2, 0.25) is 0 Å². The molecular weight excluding hydrogens is 436 g/mol. The maximum Gasteiger partial charge on any atom is 0.322 e. The van der Waals surface area contributed by atoms with Crippen molar-refractivity contribution in [2.45, 2.75) is 44.6 Å². The first-order chi connectivity index (χ1) is 15.9. The number of carbonyl (C=O) groups excluding carboxylic acids is 3. The molecule has 1 aromatic heterocycles. The number of thiazole rings is 1. The number of hydrogen-bond donors (Lipinski definition) is 2. The number of hydrogen-bond acceptors (Lipinski definition) is 5. The molecule has 8 heteroatoms. The molecule has 3 heterocycles. The predicted octanol–water partition coefficient (Wildman–Crippen LogP) is 4.07. The number of piperidine rings is 1. The van der Waals surface area contributed by atoms with E-state index in [-0.39, 0.29) is 11.8 Å². The number of imide groups is 1. The highest BCUT2D eigenvalue weighted by Gasteiger charge is 2.46. The zero-order valence-electron chi connectivity index (χ0n) is 18.7. The van der Waals surface area contributed by atoms with E-state index in [1.54, 1.807) is 35.6 Å². The molecule has 7 nitrogen and oxygen atoms in total. The van der Waals surface area contributed by atoms with Crippen LogP contribution in [0.4, 0.5) is 4.79 Å². The molecule has 0 aliphatic carbocycles. The van der Waals surface area contributed by atoms with Crippen LogP contribution >= 0.6 is 11.3 Å². The minimum atomic E-state index is -1.08. The molecule has 5 rings (SSSR count). The van der Waals surface area contributed by atoms with Gasteiger partial charge in [0.15, 0.2) is 0 Å². The average Bonchev–Trinajstić information content (AvgIpc) is 3.38. The summed E-state index contributed by atoms with van der Waals surface area (Å²) in [5.74, 6) is 0.00886. The van der Waals surface area contributed by atoms with Gasteiger partial charge in [0.05, 0.1) is 15.2 Å². The number of amides is 4. The molecule has 0 radical (unpaired) electrons. The standard InChI is InChI=1S/C25H26N4O3S/c1-3-25(23(31)27-24(32)28-25)18-7-5-17(6-8-18)22(30)29-12-10-16(11-13-29)21-26-19-9-4-15(2)14-20(19)33-21/h4-9,14,16H,3,10-13H2,1-2H3,(H2,27,28,31,32)/t25-/m1/s1. The number of urea groups is 1. The molecule has 2 aliphatic heterocycles. The van der Waals surface area contributed by atoms with Gasteiger partial charge < -0.3 is 10.2 Å². The van der Waals surface area contributed by atoms with Crippen molar-refractivity contribution < 1.29 is 14.4 Å². The van der Waals surface area contributed by atoms with Gasteiger partial charge in [-0.15, -0.1) is 11.3 Å². The summed E-state index contributed by atoms with van der Waals surface area (Å²) in [7, 11) is 0. The average molecular weight is 463 g/mol. The van der Waals surface area contributed by atoms with Crippen molar-refractivity contribution in [2.24, 2.45) is 0 Å². The zero-order chi connectivity index (χ0) is 23.2. The number of aromatic nitrogens is 1. The molecule has 0 spiro atoms. The summed E-state index contributed by atoms with van der Waals surface area (Å²) in [6.07, 6.45) is 2.22. The third kappa shape index (κ3) is 3.78. The number of fused-ring (bicyclic) bond motifs is 1. The maximum atomic E-state index is 13.1. The van der Waals surface area contributed by atoms with Crippen molar-refractivity contribution >= 4 is 39.4 Å².